The minimum absolute atomic E-state index is 0.0423. The van der Waals surface area contributed by atoms with Crippen molar-refractivity contribution < 1.29 is 19.1 Å². The van der Waals surface area contributed by atoms with Crippen LogP contribution in [0.5, 0.6) is 11.8 Å². The van der Waals surface area contributed by atoms with E-state index >= 15 is 0 Å². The van der Waals surface area contributed by atoms with Crippen LogP contribution in [0.2, 0.25) is 10.0 Å². The Morgan fingerprint density at radius 2 is 1.06 bits per heavy atom. The van der Waals surface area contributed by atoms with E-state index in [1.807, 2.05) is 74.5 Å². The maximum Gasteiger partial charge on any atom is 0.222 e. The van der Waals surface area contributed by atoms with Crippen LogP contribution in [0.4, 0.5) is 0 Å². The molecule has 0 spiro atoms. The summed E-state index contributed by atoms with van der Waals surface area (Å²) in [7, 11) is 3.18. The molecule has 6 N–H and O–H groups in total. The number of hydrogen-bond acceptors (Lipinski definition) is 10. The fourth-order valence-corrected chi connectivity index (χ4v) is 7.26. The van der Waals surface area contributed by atoms with Gasteiger partial charge in [-0.15, -0.1) is 0 Å². The number of halogens is 2. The summed E-state index contributed by atoms with van der Waals surface area (Å²) in [6, 6.07) is 19.5. The highest BCUT2D eigenvalue weighted by molar-refractivity contribution is 6.39. The summed E-state index contributed by atoms with van der Waals surface area (Å²) in [4.78, 5) is 33.4. The van der Waals surface area contributed by atoms with Gasteiger partial charge in [0.2, 0.25) is 23.6 Å². The zero-order chi connectivity index (χ0) is 36.8. The van der Waals surface area contributed by atoms with E-state index in [4.69, 9.17) is 42.6 Å². The van der Waals surface area contributed by atoms with Crippen LogP contribution in [0.25, 0.3) is 33.6 Å². The van der Waals surface area contributed by atoms with Crippen molar-refractivity contribution in [3.63, 3.8) is 0 Å². The molecule has 4 unspecified atom stereocenters. The summed E-state index contributed by atoms with van der Waals surface area (Å²) in [5.41, 5.74) is 6.02. The SMILES string of the molecule is COc1nc(-c2cccc(-c3cccc(-c4ccc(CNCC5NC(=O)CC(C)N5)c(OC)n4)c3Cl)c2Cl)ccc1CNCC1NC(=O)CC(C)N1. The predicted octanol–water partition coefficient (Wildman–Crippen LogP) is 4.63. The Bertz CT molecular complexity index is 1790. The minimum atomic E-state index is -0.147. The number of benzene rings is 2. The van der Waals surface area contributed by atoms with Gasteiger partial charge in [-0.05, 0) is 26.0 Å². The Balaban J connectivity index is 1.17. The van der Waals surface area contributed by atoms with Gasteiger partial charge in [-0.3, -0.25) is 20.2 Å². The van der Waals surface area contributed by atoms with E-state index in [9.17, 15) is 9.59 Å². The Morgan fingerprint density at radius 3 is 1.44 bits per heavy atom. The van der Waals surface area contributed by atoms with Crippen molar-refractivity contribution in [3.8, 4) is 45.4 Å². The summed E-state index contributed by atoms with van der Waals surface area (Å²) in [5.74, 6) is 1.04. The van der Waals surface area contributed by atoms with Crippen molar-refractivity contribution in [2.75, 3.05) is 27.3 Å². The topological polar surface area (TPSA) is 151 Å². The van der Waals surface area contributed by atoms with E-state index in [0.29, 0.717) is 72.2 Å². The molecule has 14 heteroatoms. The highest BCUT2D eigenvalue weighted by Gasteiger charge is 2.24. The Morgan fingerprint density at radius 1 is 0.654 bits per heavy atom. The number of methoxy groups -OCH3 is 2. The standard InChI is InChI=1S/C38H44Cl2N8O4/c1-21-15-33(49)47-31(43-21)19-41-17-23-11-13-29(45-37(23)51-3)27-9-5-7-25(35(27)39)26-8-6-10-28(36(26)40)30-14-12-24(38(46-30)52-4)18-42-20-32-44-22(2)16-34(50)48-32/h5-14,21-22,31-32,41-44H,15-20H2,1-4H3,(H,47,49)(H,48,50). The number of nitrogens with zero attached hydrogens (tertiary/aromatic N) is 2. The molecule has 4 aromatic rings. The van der Waals surface area contributed by atoms with Gasteiger partial charge in [0.15, 0.2) is 0 Å². The minimum Gasteiger partial charge on any atom is -0.481 e. The van der Waals surface area contributed by atoms with Crippen molar-refractivity contribution in [1.82, 2.24) is 41.9 Å². The molecule has 2 amide bonds. The lowest BCUT2D eigenvalue weighted by Gasteiger charge is -2.29. The van der Waals surface area contributed by atoms with Gasteiger partial charge >= 0.3 is 0 Å². The molecule has 0 aliphatic carbocycles. The Kier molecular flexibility index (Phi) is 12.3. The molecule has 2 aliphatic rings. The maximum absolute atomic E-state index is 11.9. The van der Waals surface area contributed by atoms with Gasteiger partial charge in [0.05, 0.1) is 48.0 Å². The molecule has 6 rings (SSSR count). The largest absolute Gasteiger partial charge is 0.481 e. The zero-order valence-corrected chi connectivity index (χ0v) is 31.1. The van der Waals surface area contributed by atoms with Gasteiger partial charge in [-0.1, -0.05) is 71.7 Å². The van der Waals surface area contributed by atoms with Crippen LogP contribution in [-0.2, 0) is 22.7 Å². The van der Waals surface area contributed by atoms with Gasteiger partial charge < -0.3 is 30.7 Å². The highest BCUT2D eigenvalue weighted by Crippen LogP contribution is 2.42. The van der Waals surface area contributed by atoms with Crippen LogP contribution in [0.15, 0.2) is 60.7 Å². The number of amides is 2. The Hall–Kier alpha value is -4.30. The first-order chi connectivity index (χ1) is 25.1. The van der Waals surface area contributed by atoms with Gasteiger partial charge in [-0.2, -0.15) is 0 Å². The van der Waals surface area contributed by atoms with Crippen molar-refractivity contribution in [3.05, 3.63) is 81.8 Å². The first-order valence-electron chi connectivity index (χ1n) is 17.3. The normalized spacial score (nSPS) is 20.3. The number of aromatic nitrogens is 2. The van der Waals surface area contributed by atoms with Gasteiger partial charge in [-0.25, -0.2) is 9.97 Å². The number of carbonyl (C=O) groups excluding carboxylic acids is 2. The summed E-state index contributed by atoms with van der Waals surface area (Å²) in [6.45, 7) is 6.11. The summed E-state index contributed by atoms with van der Waals surface area (Å²) in [5, 5.41) is 20.4. The lowest BCUT2D eigenvalue weighted by Crippen LogP contribution is -2.59. The second kappa shape index (κ2) is 17.0. The van der Waals surface area contributed by atoms with E-state index in [-0.39, 0.29) is 36.2 Å². The van der Waals surface area contributed by atoms with Crippen molar-refractivity contribution in [1.29, 1.82) is 0 Å². The molecule has 274 valence electrons. The fraction of sp³-hybridized carbons (Fsp3) is 0.368. The second-order valence-corrected chi connectivity index (χ2v) is 13.9. The van der Waals surface area contributed by atoms with E-state index in [0.717, 1.165) is 33.4 Å². The quantitative estimate of drug-likeness (QED) is 0.114. The van der Waals surface area contributed by atoms with Crippen molar-refractivity contribution >= 4 is 35.0 Å². The lowest BCUT2D eigenvalue weighted by molar-refractivity contribution is -0.125. The van der Waals surface area contributed by atoms with E-state index in [2.05, 4.69) is 31.9 Å². The number of ether oxygens (including phenoxy) is 2. The van der Waals surface area contributed by atoms with Crippen LogP contribution in [-0.4, -0.2) is 73.5 Å². The van der Waals surface area contributed by atoms with Gasteiger partial charge in [0.1, 0.15) is 0 Å². The molecule has 4 atom stereocenters. The molecule has 4 heterocycles. The average Bonchev–Trinajstić information content (AvgIpc) is 3.11. The van der Waals surface area contributed by atoms with Crippen LogP contribution in [0.1, 0.15) is 37.8 Å². The number of rotatable bonds is 13. The number of carbonyl (C=O) groups is 2. The van der Waals surface area contributed by atoms with Crippen LogP contribution in [0, 0.1) is 0 Å². The third-order valence-electron chi connectivity index (χ3n) is 9.06. The smallest absolute Gasteiger partial charge is 0.222 e. The van der Waals surface area contributed by atoms with Gasteiger partial charge in [0.25, 0.3) is 0 Å². The summed E-state index contributed by atoms with van der Waals surface area (Å²) >= 11 is 14.2. The Labute approximate surface area is 313 Å². The lowest BCUT2D eigenvalue weighted by atomic mass is 9.98. The average molecular weight is 748 g/mol. The van der Waals surface area contributed by atoms with E-state index in [1.165, 1.54) is 0 Å². The fourth-order valence-electron chi connectivity index (χ4n) is 6.61. The molecule has 2 fully saturated rings. The number of nitrogens with one attached hydrogen (secondary N) is 6. The third-order valence-corrected chi connectivity index (χ3v) is 9.87. The molecular formula is C38H44Cl2N8O4. The van der Waals surface area contributed by atoms with E-state index < -0.39 is 0 Å². The third kappa shape index (κ3) is 8.83. The van der Waals surface area contributed by atoms with Crippen molar-refractivity contribution in [2.24, 2.45) is 0 Å². The highest BCUT2D eigenvalue weighted by atomic mass is 35.5. The van der Waals surface area contributed by atoms with Crippen molar-refractivity contribution in [2.45, 2.75) is 64.2 Å². The molecule has 0 bridgehead atoms. The second-order valence-electron chi connectivity index (χ2n) is 13.1. The predicted molar refractivity (Wildman–Crippen MR) is 203 cm³/mol. The first kappa shape index (κ1) is 37.5. The molecule has 12 nitrogen and oxygen atoms in total. The maximum atomic E-state index is 11.9. The number of pyridine rings is 2. The molecular weight excluding hydrogens is 703 g/mol. The molecule has 2 aromatic heterocycles. The molecule has 2 saturated heterocycles. The molecule has 2 aromatic carbocycles. The summed E-state index contributed by atoms with van der Waals surface area (Å²) < 4.78 is 11.3. The van der Waals surface area contributed by atoms with Gasteiger partial charge in [0, 0.05) is 84.5 Å². The first-order valence-corrected chi connectivity index (χ1v) is 18.1. The molecule has 0 radical (unpaired) electrons. The van der Waals surface area contributed by atoms with Crippen LogP contribution >= 0.6 is 23.2 Å². The van der Waals surface area contributed by atoms with E-state index in [1.54, 1.807) is 14.2 Å². The number of hydrogen-bond donors (Lipinski definition) is 6. The summed E-state index contributed by atoms with van der Waals surface area (Å²) in [6.07, 6.45) is 0.649. The van der Waals surface area contributed by atoms with Crippen LogP contribution < -0.4 is 41.4 Å². The monoisotopic (exact) mass is 746 g/mol. The molecule has 52 heavy (non-hydrogen) atoms. The molecule has 0 saturated carbocycles. The molecule has 2 aliphatic heterocycles. The zero-order valence-electron chi connectivity index (χ0n) is 29.6. The van der Waals surface area contributed by atoms with Crippen LogP contribution in [0.3, 0.4) is 0 Å².